The fourth-order valence-electron chi connectivity index (χ4n) is 3.31. The number of hydrogen-bond donors (Lipinski definition) is 2. The fraction of sp³-hybridized carbons (Fsp3) is 0.0345. The Hall–Kier alpha value is -4.24. The minimum absolute atomic E-state index is 0.111. The van der Waals surface area contributed by atoms with Crippen LogP contribution in [0.2, 0.25) is 10.0 Å². The van der Waals surface area contributed by atoms with Crippen LogP contribution in [0.4, 0.5) is 5.69 Å². The number of hydrogen-bond acceptors (Lipinski definition) is 6. The molecule has 0 fully saturated rings. The lowest BCUT2D eigenvalue weighted by Crippen LogP contribution is -2.23. The first-order chi connectivity index (χ1) is 18.8. The highest BCUT2D eigenvalue weighted by Gasteiger charge is 2.15. The molecular formula is C29H21Cl2N3O4S. The van der Waals surface area contributed by atoms with Gasteiger partial charge in [-0.25, -0.2) is 9.59 Å². The average Bonchev–Trinajstić information content (AvgIpc) is 2.90. The lowest BCUT2D eigenvalue weighted by Gasteiger charge is -2.11. The van der Waals surface area contributed by atoms with Crippen LogP contribution < -0.4 is 20.2 Å². The van der Waals surface area contributed by atoms with Crippen LogP contribution in [0.3, 0.4) is 0 Å². The number of halogens is 2. The topological polar surface area (TPSA) is 89.0 Å². The van der Waals surface area contributed by atoms with Crippen LogP contribution in [-0.4, -0.2) is 23.3 Å². The van der Waals surface area contributed by atoms with Crippen LogP contribution in [0.25, 0.3) is 0 Å². The van der Waals surface area contributed by atoms with Gasteiger partial charge in [-0.05, 0) is 97.5 Å². The van der Waals surface area contributed by atoms with E-state index in [2.05, 4.69) is 15.8 Å². The molecule has 10 heteroatoms. The van der Waals surface area contributed by atoms with E-state index < -0.39 is 11.9 Å². The third-order valence-electron chi connectivity index (χ3n) is 5.20. The maximum Gasteiger partial charge on any atom is 0.343 e. The molecule has 4 aromatic rings. The highest BCUT2D eigenvalue weighted by Crippen LogP contribution is 2.26. The number of ether oxygens (including phenoxy) is 2. The Morgan fingerprint density at radius 3 is 2.05 bits per heavy atom. The number of aryl methyl sites for hydroxylation is 1. The summed E-state index contributed by atoms with van der Waals surface area (Å²) in [6.07, 6.45) is 1.43. The number of esters is 2. The standard InChI is InChI=1S/C29H21Cl2N3O4S/c1-18-3-2-4-24(15-18)33-29(39)34-32-17-21-9-14-25(37-27(35)19-5-10-22(30)11-6-19)16-26(21)38-28(36)20-7-12-23(31)13-8-20/h2-17H,1H3,(H2,33,34,39)/b32-17+. The van der Waals surface area contributed by atoms with Gasteiger partial charge < -0.3 is 14.8 Å². The minimum atomic E-state index is -0.632. The SMILES string of the molecule is Cc1cccc(NC(=S)N/N=C/c2ccc(OC(=O)c3ccc(Cl)cc3)cc2OC(=O)c2ccc(Cl)cc2)c1. The van der Waals surface area contributed by atoms with E-state index in [0.717, 1.165) is 11.3 Å². The Labute approximate surface area is 240 Å². The van der Waals surface area contributed by atoms with Crippen molar-refractivity contribution in [2.24, 2.45) is 5.10 Å². The summed E-state index contributed by atoms with van der Waals surface area (Å²) in [6, 6.07) is 24.8. The van der Waals surface area contributed by atoms with Crippen molar-refractivity contribution in [3.05, 3.63) is 123 Å². The van der Waals surface area contributed by atoms with Crippen LogP contribution in [0.15, 0.2) is 96.1 Å². The fourth-order valence-corrected chi connectivity index (χ4v) is 3.73. The lowest BCUT2D eigenvalue weighted by atomic mass is 10.2. The van der Waals surface area contributed by atoms with E-state index in [0.29, 0.717) is 21.2 Å². The van der Waals surface area contributed by atoms with Gasteiger partial charge in [-0.2, -0.15) is 5.10 Å². The molecule has 0 saturated heterocycles. The molecule has 0 radical (unpaired) electrons. The molecule has 0 unspecified atom stereocenters. The van der Waals surface area contributed by atoms with Gasteiger partial charge in [-0.3, -0.25) is 5.43 Å². The number of rotatable bonds is 7. The van der Waals surface area contributed by atoms with Crippen molar-refractivity contribution in [2.45, 2.75) is 6.92 Å². The van der Waals surface area contributed by atoms with Crippen LogP contribution in [0, 0.1) is 6.92 Å². The van der Waals surface area contributed by atoms with E-state index in [1.165, 1.54) is 12.3 Å². The average molecular weight is 578 g/mol. The van der Waals surface area contributed by atoms with Gasteiger partial charge in [0.25, 0.3) is 0 Å². The number of hydrazone groups is 1. The molecule has 196 valence electrons. The summed E-state index contributed by atoms with van der Waals surface area (Å²) in [5, 5.41) is 8.43. The Kier molecular flexibility index (Phi) is 9.27. The van der Waals surface area contributed by atoms with E-state index in [9.17, 15) is 9.59 Å². The van der Waals surface area contributed by atoms with Gasteiger partial charge in [0.1, 0.15) is 11.5 Å². The number of benzene rings is 4. The van der Waals surface area contributed by atoms with E-state index in [1.54, 1.807) is 60.7 Å². The number of carbonyl (C=O) groups is 2. The highest BCUT2D eigenvalue weighted by atomic mass is 35.5. The summed E-state index contributed by atoms with van der Waals surface area (Å²) in [6.45, 7) is 1.98. The molecule has 0 atom stereocenters. The molecule has 0 aliphatic carbocycles. The molecule has 0 spiro atoms. The quantitative estimate of drug-likeness (QED) is 0.0798. The van der Waals surface area contributed by atoms with E-state index in [4.69, 9.17) is 44.9 Å². The van der Waals surface area contributed by atoms with Crippen molar-refractivity contribution in [2.75, 3.05) is 5.32 Å². The van der Waals surface area contributed by atoms with Gasteiger partial charge in [-0.15, -0.1) is 0 Å². The van der Waals surface area contributed by atoms with Crippen LogP contribution in [0.5, 0.6) is 11.5 Å². The van der Waals surface area contributed by atoms with Gasteiger partial charge in [0, 0.05) is 27.4 Å². The minimum Gasteiger partial charge on any atom is -0.423 e. The molecule has 0 amide bonds. The third-order valence-corrected chi connectivity index (χ3v) is 5.90. The number of nitrogens with zero attached hydrogens (tertiary/aromatic N) is 1. The molecule has 0 aliphatic rings. The predicted octanol–water partition coefficient (Wildman–Crippen LogP) is 7.06. The van der Waals surface area contributed by atoms with Crippen molar-refractivity contribution in [1.82, 2.24) is 5.43 Å². The summed E-state index contributed by atoms with van der Waals surface area (Å²) < 4.78 is 11.1. The zero-order valence-corrected chi connectivity index (χ0v) is 22.8. The Morgan fingerprint density at radius 1 is 0.821 bits per heavy atom. The number of thiocarbonyl (C=S) groups is 1. The maximum absolute atomic E-state index is 12.8. The molecule has 0 aromatic heterocycles. The third kappa shape index (κ3) is 8.12. The second-order valence-corrected chi connectivity index (χ2v) is 9.47. The van der Waals surface area contributed by atoms with E-state index in [-0.39, 0.29) is 22.2 Å². The summed E-state index contributed by atoms with van der Waals surface area (Å²) in [5.74, 6) is -0.959. The van der Waals surface area contributed by atoms with Gasteiger partial charge in [0.15, 0.2) is 5.11 Å². The lowest BCUT2D eigenvalue weighted by molar-refractivity contribution is 0.0732. The van der Waals surface area contributed by atoms with Gasteiger partial charge in [0.05, 0.1) is 17.3 Å². The molecule has 7 nitrogen and oxygen atoms in total. The molecular weight excluding hydrogens is 557 g/mol. The van der Waals surface area contributed by atoms with Crippen molar-refractivity contribution >= 4 is 64.4 Å². The van der Waals surface area contributed by atoms with Crippen molar-refractivity contribution in [3.63, 3.8) is 0 Å². The molecule has 2 N–H and O–H groups in total. The van der Waals surface area contributed by atoms with E-state index in [1.807, 2.05) is 31.2 Å². The second-order valence-electron chi connectivity index (χ2n) is 8.19. The molecule has 0 saturated carbocycles. The van der Waals surface area contributed by atoms with Crippen LogP contribution in [0.1, 0.15) is 31.8 Å². The summed E-state index contributed by atoms with van der Waals surface area (Å²) in [5.41, 5.74) is 5.64. The monoisotopic (exact) mass is 577 g/mol. The zero-order valence-electron chi connectivity index (χ0n) is 20.5. The second kappa shape index (κ2) is 13.0. The molecule has 4 aromatic carbocycles. The smallest absolute Gasteiger partial charge is 0.343 e. The Balaban J connectivity index is 1.52. The van der Waals surface area contributed by atoms with Gasteiger partial charge >= 0.3 is 11.9 Å². The van der Waals surface area contributed by atoms with Crippen molar-refractivity contribution in [1.29, 1.82) is 0 Å². The van der Waals surface area contributed by atoms with Crippen molar-refractivity contribution < 1.29 is 19.1 Å². The first-order valence-electron chi connectivity index (χ1n) is 11.5. The Bertz CT molecular complexity index is 1540. The van der Waals surface area contributed by atoms with Gasteiger partial charge in [-0.1, -0.05) is 35.3 Å². The number of carbonyl (C=O) groups excluding carboxylic acids is 2. The highest BCUT2D eigenvalue weighted by molar-refractivity contribution is 7.80. The molecule has 0 heterocycles. The van der Waals surface area contributed by atoms with Crippen LogP contribution in [-0.2, 0) is 0 Å². The van der Waals surface area contributed by atoms with Crippen molar-refractivity contribution in [3.8, 4) is 11.5 Å². The number of anilines is 1. The summed E-state index contributed by atoms with van der Waals surface area (Å²) >= 11 is 17.1. The first-order valence-corrected chi connectivity index (χ1v) is 12.7. The van der Waals surface area contributed by atoms with Gasteiger partial charge in [0.2, 0.25) is 0 Å². The molecule has 4 rings (SSSR count). The predicted molar refractivity (Wildman–Crippen MR) is 157 cm³/mol. The van der Waals surface area contributed by atoms with Crippen LogP contribution >= 0.6 is 35.4 Å². The zero-order chi connectivity index (χ0) is 27.8. The normalized spacial score (nSPS) is 10.6. The largest absolute Gasteiger partial charge is 0.423 e. The summed E-state index contributed by atoms with van der Waals surface area (Å²) in [7, 11) is 0. The molecule has 0 aliphatic heterocycles. The maximum atomic E-state index is 12.8. The molecule has 0 bridgehead atoms. The number of nitrogens with one attached hydrogen (secondary N) is 2. The Morgan fingerprint density at radius 2 is 1.44 bits per heavy atom. The summed E-state index contributed by atoms with van der Waals surface area (Å²) in [4.78, 5) is 25.4. The first kappa shape index (κ1) is 27.8. The molecule has 39 heavy (non-hydrogen) atoms. The van der Waals surface area contributed by atoms with E-state index >= 15 is 0 Å².